The first-order chi connectivity index (χ1) is 3.29. The van der Waals surface area contributed by atoms with Gasteiger partial charge in [0.15, 0.2) is 16.8 Å². The summed E-state index contributed by atoms with van der Waals surface area (Å²) in [6.45, 7) is 0. The Morgan fingerprint density at radius 3 is 2.43 bits per heavy atom. The number of hydrogen-bond donors (Lipinski definition) is 1. The first kappa shape index (κ1) is 5.12. The Morgan fingerprint density at radius 1 is 1.71 bits per heavy atom. The third kappa shape index (κ3) is 1.94. The predicted octanol–water partition coefficient (Wildman–Crippen LogP) is 0.576. The fourth-order valence-electron chi connectivity index (χ4n) is 0.407. The third-order valence-corrected chi connectivity index (χ3v) is 1.59. The van der Waals surface area contributed by atoms with E-state index in [0.29, 0.717) is 5.75 Å². The minimum Gasteiger partial charge on any atom is -0.303 e. The van der Waals surface area contributed by atoms with Gasteiger partial charge in [-0.1, -0.05) is 0 Å². The van der Waals surface area contributed by atoms with Crippen LogP contribution >= 0.6 is 0 Å². The van der Waals surface area contributed by atoms with Crippen LogP contribution in [-0.4, -0.2) is 14.5 Å². The van der Waals surface area contributed by atoms with Gasteiger partial charge in [-0.2, -0.15) is 0 Å². The molecule has 0 amide bonds. The smallest absolute Gasteiger partial charge is 0.199 e. The lowest BCUT2D eigenvalue weighted by atomic mass is 10.5. The van der Waals surface area contributed by atoms with Crippen molar-refractivity contribution in [2.45, 2.75) is 12.8 Å². The second kappa shape index (κ2) is 1.84. The highest BCUT2D eigenvalue weighted by molar-refractivity contribution is 7.79. The minimum absolute atomic E-state index is 0.417. The van der Waals surface area contributed by atoms with Crippen molar-refractivity contribution in [1.82, 2.24) is 0 Å². The highest BCUT2D eigenvalue weighted by Gasteiger charge is 2.37. The van der Waals surface area contributed by atoms with Gasteiger partial charge in [-0.25, -0.2) is 4.21 Å². The Kier molecular flexibility index (Phi) is 1.35. The number of rotatable bonds is 2. The molecular formula is C4H7O2S+. The molecule has 1 fully saturated rings. The van der Waals surface area contributed by atoms with Crippen molar-refractivity contribution in [2.24, 2.45) is 0 Å². The molecule has 1 saturated carbocycles. The van der Waals surface area contributed by atoms with E-state index in [1.807, 2.05) is 0 Å². The zero-order chi connectivity index (χ0) is 5.28. The normalized spacial score (nSPS) is 22.1. The first-order valence-corrected chi connectivity index (χ1v) is 3.47. The Hall–Kier alpha value is -0.0200. The summed E-state index contributed by atoms with van der Waals surface area (Å²) >= 11 is -1.57. The summed E-state index contributed by atoms with van der Waals surface area (Å²) in [6, 6.07) is 0. The molecule has 0 saturated heterocycles. The summed E-state index contributed by atoms with van der Waals surface area (Å²) in [5, 5.41) is 0. The van der Waals surface area contributed by atoms with Crippen LogP contribution in [0.3, 0.4) is 0 Å². The molecule has 0 aromatic carbocycles. The summed E-state index contributed by atoms with van der Waals surface area (Å²) in [5.41, 5.74) is 0. The Balaban J connectivity index is 2.08. The van der Waals surface area contributed by atoms with Crippen molar-refractivity contribution in [3.8, 4) is 0 Å². The van der Waals surface area contributed by atoms with Gasteiger partial charge in [0.25, 0.3) is 0 Å². The van der Waals surface area contributed by atoms with Crippen LogP contribution in [0.2, 0.25) is 0 Å². The highest BCUT2D eigenvalue weighted by Crippen LogP contribution is 2.31. The largest absolute Gasteiger partial charge is 0.303 e. The summed E-state index contributed by atoms with van der Waals surface area (Å²) in [7, 11) is 0. The van der Waals surface area contributed by atoms with Crippen LogP contribution in [0, 0.1) is 5.92 Å². The Morgan fingerprint density at radius 2 is 2.29 bits per heavy atom. The van der Waals surface area contributed by atoms with Gasteiger partial charge in [-0.15, -0.1) is 0 Å². The summed E-state index contributed by atoms with van der Waals surface area (Å²) in [5.74, 6) is 1.65. The summed E-state index contributed by atoms with van der Waals surface area (Å²) in [6.07, 6.45) is 2.15. The lowest BCUT2D eigenvalue weighted by Crippen LogP contribution is -1.93. The molecule has 0 aromatic heterocycles. The average Bonchev–Trinajstić information content (AvgIpc) is 2.17. The maximum Gasteiger partial charge on any atom is 0.199 e. The molecule has 1 atom stereocenters. The Bertz CT molecular complexity index is 87.7. The quantitative estimate of drug-likeness (QED) is 0.426. The van der Waals surface area contributed by atoms with Crippen LogP contribution < -0.4 is 0 Å². The molecule has 0 heterocycles. The molecule has 0 bridgehead atoms. The van der Waals surface area contributed by atoms with Gasteiger partial charge < -0.3 is 4.55 Å². The SMILES string of the molecule is O=S(O)C[C+]1CC1. The maximum absolute atomic E-state index is 9.94. The maximum atomic E-state index is 9.94. The molecule has 40 valence electrons. The van der Waals surface area contributed by atoms with Gasteiger partial charge in [0.05, 0.1) is 0 Å². The molecule has 0 radical (unpaired) electrons. The lowest BCUT2D eigenvalue weighted by Gasteiger charge is -1.75. The highest BCUT2D eigenvalue weighted by atomic mass is 32.2. The van der Waals surface area contributed by atoms with Crippen molar-refractivity contribution in [2.75, 3.05) is 5.75 Å². The van der Waals surface area contributed by atoms with Gasteiger partial charge in [-0.3, -0.25) is 0 Å². The van der Waals surface area contributed by atoms with Crippen molar-refractivity contribution in [1.29, 1.82) is 0 Å². The summed E-state index contributed by atoms with van der Waals surface area (Å²) in [4.78, 5) is 0. The van der Waals surface area contributed by atoms with Gasteiger partial charge in [-0.05, 0) is 0 Å². The minimum atomic E-state index is -1.57. The second-order valence-corrected chi connectivity index (χ2v) is 2.65. The van der Waals surface area contributed by atoms with Crippen molar-refractivity contribution in [3.63, 3.8) is 0 Å². The molecule has 3 heteroatoms. The molecule has 1 N–H and O–H groups in total. The average molecular weight is 119 g/mol. The molecule has 2 nitrogen and oxygen atoms in total. The van der Waals surface area contributed by atoms with E-state index >= 15 is 0 Å². The fourth-order valence-corrected chi connectivity index (χ4v) is 1.05. The zero-order valence-electron chi connectivity index (χ0n) is 3.89. The molecule has 1 aliphatic carbocycles. The van der Waals surface area contributed by atoms with E-state index in [2.05, 4.69) is 0 Å². The zero-order valence-corrected chi connectivity index (χ0v) is 4.70. The van der Waals surface area contributed by atoms with Gasteiger partial charge in [0.1, 0.15) is 18.8 Å². The van der Waals surface area contributed by atoms with Crippen LogP contribution in [0.1, 0.15) is 12.8 Å². The van der Waals surface area contributed by atoms with Gasteiger partial charge >= 0.3 is 0 Å². The topological polar surface area (TPSA) is 37.3 Å². The molecule has 0 aromatic rings. The van der Waals surface area contributed by atoms with Crippen molar-refractivity contribution < 1.29 is 8.76 Å². The molecular weight excluding hydrogens is 112 g/mol. The Labute approximate surface area is 45.2 Å². The molecule has 1 unspecified atom stereocenters. The standard InChI is InChI=1S/C4H6O2S/c5-7(6)3-4-1-2-4/h1-3H2/p+1. The van der Waals surface area contributed by atoms with Crippen LogP contribution in [0.4, 0.5) is 0 Å². The van der Waals surface area contributed by atoms with Crippen LogP contribution in [0.15, 0.2) is 0 Å². The van der Waals surface area contributed by atoms with Crippen molar-refractivity contribution >= 4 is 11.1 Å². The molecule has 0 aliphatic heterocycles. The van der Waals surface area contributed by atoms with E-state index in [4.69, 9.17) is 4.55 Å². The van der Waals surface area contributed by atoms with Crippen LogP contribution in [0.5, 0.6) is 0 Å². The van der Waals surface area contributed by atoms with E-state index in [9.17, 15) is 4.21 Å². The fraction of sp³-hybridized carbons (Fsp3) is 0.750. The predicted molar refractivity (Wildman–Crippen MR) is 28.1 cm³/mol. The van der Waals surface area contributed by atoms with E-state index in [1.165, 1.54) is 5.92 Å². The van der Waals surface area contributed by atoms with Gasteiger partial charge in [0, 0.05) is 0 Å². The lowest BCUT2D eigenvalue weighted by molar-refractivity contribution is 0.566. The molecule has 1 aliphatic rings. The molecule has 0 spiro atoms. The third-order valence-electron chi connectivity index (χ3n) is 0.931. The first-order valence-electron chi connectivity index (χ1n) is 2.20. The van der Waals surface area contributed by atoms with Crippen LogP contribution in [0.25, 0.3) is 0 Å². The molecule has 1 rings (SSSR count). The van der Waals surface area contributed by atoms with Gasteiger partial charge in [0.2, 0.25) is 0 Å². The van der Waals surface area contributed by atoms with E-state index in [1.54, 1.807) is 0 Å². The van der Waals surface area contributed by atoms with E-state index < -0.39 is 11.1 Å². The van der Waals surface area contributed by atoms with E-state index in [-0.39, 0.29) is 0 Å². The number of hydrogen-bond acceptors (Lipinski definition) is 1. The molecule has 7 heavy (non-hydrogen) atoms. The monoisotopic (exact) mass is 119 g/mol. The van der Waals surface area contributed by atoms with E-state index in [0.717, 1.165) is 12.8 Å². The van der Waals surface area contributed by atoms with Crippen molar-refractivity contribution in [3.05, 3.63) is 5.92 Å². The second-order valence-electron chi connectivity index (χ2n) is 1.72. The summed E-state index contributed by atoms with van der Waals surface area (Å²) < 4.78 is 18.2. The van der Waals surface area contributed by atoms with Crippen LogP contribution in [-0.2, 0) is 11.1 Å².